The fourth-order valence-corrected chi connectivity index (χ4v) is 3.17. The van der Waals surface area contributed by atoms with Crippen molar-refractivity contribution in [1.82, 2.24) is 0 Å². The molecule has 6 heteroatoms. The van der Waals surface area contributed by atoms with Crippen LogP contribution in [0.5, 0.6) is 0 Å². The highest BCUT2D eigenvalue weighted by Crippen LogP contribution is 2.39. The molecule has 0 spiro atoms. The molecule has 0 saturated heterocycles. The quantitative estimate of drug-likeness (QED) is 0.326. The summed E-state index contributed by atoms with van der Waals surface area (Å²) < 4.78 is 3.00. The summed E-state index contributed by atoms with van der Waals surface area (Å²) in [4.78, 5) is 11.0. The second kappa shape index (κ2) is 4.75. The Labute approximate surface area is 114 Å². The lowest BCUT2D eigenvalue weighted by atomic mass is 10.2. The topological polar surface area (TPSA) is 17.1 Å². The van der Waals surface area contributed by atoms with Crippen LogP contribution in [0.15, 0.2) is 24.0 Å². The third-order valence-electron chi connectivity index (χ3n) is 1.31. The summed E-state index contributed by atoms with van der Waals surface area (Å²) in [5.41, 5.74) is 0.420. The molecule has 0 aliphatic rings. The fraction of sp³-hybridized carbons (Fsp3) is 0. The third-order valence-corrected chi connectivity index (χ3v) is 6.18. The van der Waals surface area contributed by atoms with E-state index in [0.29, 0.717) is 10.0 Å². The molecule has 0 bridgehead atoms. The van der Waals surface area contributed by atoms with E-state index in [2.05, 4.69) is 63.7 Å². The molecule has 0 N–H and O–H groups in total. The maximum atomic E-state index is 11.0. The average molecular weight is 456 g/mol. The SMILES string of the molecule is O=C(Cl)c1cc(Br)c(Br)c(Br)c1Br. The Bertz CT molecular complexity index is 377. The molecule has 1 nitrogen and oxygen atoms in total. The van der Waals surface area contributed by atoms with Crippen LogP contribution in [-0.2, 0) is 0 Å². The zero-order chi connectivity index (χ0) is 10.2. The van der Waals surface area contributed by atoms with Crippen molar-refractivity contribution in [2.45, 2.75) is 0 Å². The van der Waals surface area contributed by atoms with Gasteiger partial charge in [-0.1, -0.05) is 0 Å². The molecule has 0 heterocycles. The van der Waals surface area contributed by atoms with E-state index < -0.39 is 5.24 Å². The summed E-state index contributed by atoms with van der Waals surface area (Å²) >= 11 is 18.6. The Balaban J connectivity index is 3.50. The molecule has 0 aliphatic carbocycles. The van der Waals surface area contributed by atoms with Gasteiger partial charge in [0.2, 0.25) is 0 Å². The van der Waals surface area contributed by atoms with Crippen molar-refractivity contribution in [2.24, 2.45) is 0 Å². The maximum Gasteiger partial charge on any atom is 0.253 e. The molecule has 13 heavy (non-hydrogen) atoms. The largest absolute Gasteiger partial charge is 0.276 e. The Morgan fingerprint density at radius 2 is 1.62 bits per heavy atom. The first kappa shape index (κ1) is 12.2. The van der Waals surface area contributed by atoms with Gasteiger partial charge in [-0.05, 0) is 81.4 Å². The number of rotatable bonds is 1. The smallest absolute Gasteiger partial charge is 0.253 e. The Kier molecular flexibility index (Phi) is 4.44. The maximum absolute atomic E-state index is 11.0. The zero-order valence-corrected chi connectivity index (χ0v) is 13.0. The van der Waals surface area contributed by atoms with E-state index in [1.807, 2.05) is 0 Å². The lowest BCUT2D eigenvalue weighted by molar-refractivity contribution is 0.108. The van der Waals surface area contributed by atoms with Crippen molar-refractivity contribution in [3.63, 3.8) is 0 Å². The summed E-state index contributed by atoms with van der Waals surface area (Å²) in [5.74, 6) is 0. The molecule has 1 rings (SSSR count). The normalized spacial score (nSPS) is 10.2. The number of benzene rings is 1. The molecule has 0 amide bonds. The molecule has 0 unspecified atom stereocenters. The lowest BCUT2D eigenvalue weighted by Crippen LogP contribution is -1.92. The summed E-state index contributed by atoms with van der Waals surface area (Å²) in [7, 11) is 0. The van der Waals surface area contributed by atoms with Gasteiger partial charge in [-0.3, -0.25) is 4.79 Å². The standard InChI is InChI=1S/C7HBr4ClO/c8-3-1-2(7(12)13)4(9)6(11)5(3)10/h1H. The molecule has 0 aliphatic heterocycles. The van der Waals surface area contributed by atoms with Crippen molar-refractivity contribution in [1.29, 1.82) is 0 Å². The summed E-state index contributed by atoms with van der Waals surface area (Å²) in [6.45, 7) is 0. The predicted molar refractivity (Wildman–Crippen MR) is 67.4 cm³/mol. The van der Waals surface area contributed by atoms with E-state index in [-0.39, 0.29) is 0 Å². The first-order valence-electron chi connectivity index (χ1n) is 2.98. The Morgan fingerprint density at radius 3 is 2.08 bits per heavy atom. The van der Waals surface area contributed by atoms with Crippen molar-refractivity contribution in [3.8, 4) is 0 Å². The minimum absolute atomic E-state index is 0.420. The van der Waals surface area contributed by atoms with E-state index >= 15 is 0 Å². The molecule has 1 aromatic rings. The summed E-state index contributed by atoms with van der Waals surface area (Å²) in [5, 5.41) is -0.499. The van der Waals surface area contributed by atoms with Gasteiger partial charge in [0.1, 0.15) is 0 Å². The number of hydrogen-bond acceptors (Lipinski definition) is 1. The third kappa shape index (κ3) is 2.56. The predicted octanol–water partition coefficient (Wildman–Crippen LogP) is 5.12. The highest BCUT2D eigenvalue weighted by molar-refractivity contribution is 9.15. The zero-order valence-electron chi connectivity index (χ0n) is 5.88. The molecule has 0 saturated carbocycles. The minimum atomic E-state index is -0.499. The van der Waals surface area contributed by atoms with Crippen LogP contribution in [-0.4, -0.2) is 5.24 Å². The first-order valence-corrected chi connectivity index (χ1v) is 6.53. The molecule has 0 atom stereocenters. The highest BCUT2D eigenvalue weighted by Gasteiger charge is 2.15. The fourth-order valence-electron chi connectivity index (χ4n) is 0.716. The van der Waals surface area contributed by atoms with E-state index in [9.17, 15) is 4.79 Å². The van der Waals surface area contributed by atoms with Gasteiger partial charge in [0.05, 0.1) is 5.56 Å². The van der Waals surface area contributed by atoms with Crippen molar-refractivity contribution in [3.05, 3.63) is 29.5 Å². The Hall–Kier alpha value is 1.10. The van der Waals surface area contributed by atoms with Gasteiger partial charge in [0.25, 0.3) is 5.24 Å². The number of halogens is 5. The van der Waals surface area contributed by atoms with Gasteiger partial charge in [-0.15, -0.1) is 0 Å². The van der Waals surface area contributed by atoms with Gasteiger partial charge < -0.3 is 0 Å². The van der Waals surface area contributed by atoms with Crippen LogP contribution >= 0.6 is 75.3 Å². The van der Waals surface area contributed by atoms with Crippen LogP contribution in [0.2, 0.25) is 0 Å². The van der Waals surface area contributed by atoms with E-state index in [1.165, 1.54) is 0 Å². The van der Waals surface area contributed by atoms with Crippen LogP contribution in [0.3, 0.4) is 0 Å². The molecule has 70 valence electrons. The van der Waals surface area contributed by atoms with Crippen LogP contribution in [0.4, 0.5) is 0 Å². The molecule has 0 radical (unpaired) electrons. The van der Waals surface area contributed by atoms with Crippen LogP contribution in [0.25, 0.3) is 0 Å². The van der Waals surface area contributed by atoms with Gasteiger partial charge in [-0.25, -0.2) is 0 Å². The monoisotopic (exact) mass is 452 g/mol. The van der Waals surface area contributed by atoms with Crippen LogP contribution in [0, 0.1) is 0 Å². The summed E-state index contributed by atoms with van der Waals surface area (Å²) in [6.07, 6.45) is 0. The average Bonchev–Trinajstić information content (AvgIpc) is 2.07. The van der Waals surface area contributed by atoms with Crippen LogP contribution < -0.4 is 0 Å². The molecule has 1 aromatic carbocycles. The van der Waals surface area contributed by atoms with Gasteiger partial charge in [0.15, 0.2) is 0 Å². The van der Waals surface area contributed by atoms with Gasteiger partial charge in [0, 0.05) is 17.9 Å². The number of carbonyl (C=O) groups is 1. The lowest BCUT2D eigenvalue weighted by Gasteiger charge is -2.06. The molecule has 0 aromatic heterocycles. The van der Waals surface area contributed by atoms with Gasteiger partial charge >= 0.3 is 0 Å². The Morgan fingerprint density at radius 1 is 1.08 bits per heavy atom. The molecular formula is C7HBr4ClO. The van der Waals surface area contributed by atoms with E-state index in [0.717, 1.165) is 13.4 Å². The summed E-state index contributed by atoms with van der Waals surface area (Å²) in [6, 6.07) is 1.65. The first-order chi connectivity index (χ1) is 5.95. The minimum Gasteiger partial charge on any atom is -0.276 e. The van der Waals surface area contributed by atoms with E-state index in [4.69, 9.17) is 11.6 Å². The highest BCUT2D eigenvalue weighted by atomic mass is 79.9. The number of hydrogen-bond donors (Lipinski definition) is 0. The van der Waals surface area contributed by atoms with Crippen LogP contribution in [0.1, 0.15) is 10.4 Å². The van der Waals surface area contributed by atoms with Gasteiger partial charge in [-0.2, -0.15) is 0 Å². The number of carbonyl (C=O) groups excluding carboxylic acids is 1. The second-order valence-electron chi connectivity index (χ2n) is 2.12. The molecular weight excluding hydrogens is 455 g/mol. The van der Waals surface area contributed by atoms with Crippen molar-refractivity contribution in [2.75, 3.05) is 0 Å². The second-order valence-corrected chi connectivity index (χ2v) is 5.70. The van der Waals surface area contributed by atoms with Crippen molar-refractivity contribution < 1.29 is 4.79 Å². The van der Waals surface area contributed by atoms with E-state index in [1.54, 1.807) is 6.07 Å². The molecule has 0 fully saturated rings. The van der Waals surface area contributed by atoms with Crippen molar-refractivity contribution >= 4 is 80.6 Å².